The molecule has 0 saturated carbocycles. The van der Waals surface area contributed by atoms with Crippen LogP contribution in [0.2, 0.25) is 10.0 Å². The summed E-state index contributed by atoms with van der Waals surface area (Å²) < 4.78 is 0. The Morgan fingerprint density at radius 3 is 2.48 bits per heavy atom. The third-order valence-electron chi connectivity index (χ3n) is 2.46. The van der Waals surface area contributed by atoms with Crippen LogP contribution in [0, 0.1) is 0 Å². The lowest BCUT2D eigenvalue weighted by atomic mass is 10.1. The Morgan fingerprint density at radius 2 is 1.90 bits per heavy atom. The molecule has 0 saturated heterocycles. The minimum atomic E-state index is -1.34. The number of hydrogen-bond donors (Lipinski definition) is 3. The quantitative estimate of drug-likeness (QED) is 0.798. The number of amides is 1. The third kappa shape index (κ3) is 3.21. The van der Waals surface area contributed by atoms with Crippen LogP contribution in [-0.2, 0) is 0 Å². The number of halogens is 2. The van der Waals surface area contributed by atoms with Crippen molar-refractivity contribution in [1.82, 2.24) is 9.97 Å². The lowest BCUT2D eigenvalue weighted by Gasteiger charge is -2.11. The number of aromatic carboxylic acids is 1. The topological polar surface area (TPSA) is 112 Å². The normalized spacial score (nSPS) is 10.2. The predicted molar refractivity (Wildman–Crippen MR) is 76.2 cm³/mol. The van der Waals surface area contributed by atoms with E-state index in [1.165, 1.54) is 12.1 Å². The lowest BCUT2D eigenvalue weighted by Crippen LogP contribution is -2.19. The molecule has 0 aliphatic carbocycles. The maximum atomic E-state index is 12.0. The predicted octanol–water partition coefficient (Wildman–Crippen LogP) is 2.03. The van der Waals surface area contributed by atoms with E-state index in [4.69, 9.17) is 28.3 Å². The second-order valence-electron chi connectivity index (χ2n) is 3.83. The number of aromatic nitrogens is 2. The molecule has 108 valence electrons. The average molecular weight is 328 g/mol. The first-order chi connectivity index (χ1) is 9.90. The van der Waals surface area contributed by atoms with Gasteiger partial charge < -0.3 is 15.4 Å². The number of hydrogen-bond acceptors (Lipinski definition) is 4. The van der Waals surface area contributed by atoms with E-state index in [9.17, 15) is 14.4 Å². The van der Waals surface area contributed by atoms with Gasteiger partial charge in [0, 0.05) is 6.20 Å². The zero-order valence-corrected chi connectivity index (χ0v) is 11.7. The summed E-state index contributed by atoms with van der Waals surface area (Å²) in [6.45, 7) is 0. The number of carboxylic acid groups (broad SMARTS) is 1. The summed E-state index contributed by atoms with van der Waals surface area (Å²) >= 11 is 11.7. The minimum Gasteiger partial charge on any atom is -0.478 e. The molecule has 1 aromatic heterocycles. The van der Waals surface area contributed by atoms with Gasteiger partial charge in [-0.2, -0.15) is 0 Å². The van der Waals surface area contributed by atoms with E-state index < -0.39 is 17.4 Å². The Bertz CT molecular complexity index is 768. The van der Waals surface area contributed by atoms with Crippen LogP contribution >= 0.6 is 23.2 Å². The number of rotatable bonds is 3. The Kier molecular flexibility index (Phi) is 4.25. The van der Waals surface area contributed by atoms with E-state index in [1.807, 2.05) is 0 Å². The molecule has 0 fully saturated rings. The molecule has 1 heterocycles. The van der Waals surface area contributed by atoms with Crippen LogP contribution in [0.25, 0.3) is 0 Å². The highest BCUT2D eigenvalue weighted by molar-refractivity contribution is 6.38. The van der Waals surface area contributed by atoms with Crippen LogP contribution in [0.1, 0.15) is 20.8 Å². The maximum absolute atomic E-state index is 12.0. The molecule has 0 bridgehead atoms. The van der Waals surface area contributed by atoms with Gasteiger partial charge in [0.15, 0.2) is 0 Å². The number of carbonyl (C=O) groups is 2. The van der Waals surface area contributed by atoms with Gasteiger partial charge in [-0.05, 0) is 12.1 Å². The SMILES string of the molecule is O=C(Nc1c(Cl)ccc(Cl)c1C(=O)O)c1c[nH]c(=O)cn1. The highest BCUT2D eigenvalue weighted by Crippen LogP contribution is 2.32. The fourth-order valence-electron chi connectivity index (χ4n) is 1.53. The zero-order chi connectivity index (χ0) is 15.6. The zero-order valence-electron chi connectivity index (χ0n) is 10.2. The van der Waals surface area contributed by atoms with Gasteiger partial charge in [-0.15, -0.1) is 0 Å². The second kappa shape index (κ2) is 5.94. The highest BCUT2D eigenvalue weighted by Gasteiger charge is 2.20. The van der Waals surface area contributed by atoms with Crippen molar-refractivity contribution >= 4 is 40.8 Å². The van der Waals surface area contributed by atoms with E-state index in [0.29, 0.717) is 0 Å². The van der Waals surface area contributed by atoms with E-state index >= 15 is 0 Å². The Labute approximate surface area is 127 Å². The molecule has 2 rings (SSSR count). The van der Waals surface area contributed by atoms with Crippen LogP contribution in [0.5, 0.6) is 0 Å². The van der Waals surface area contributed by atoms with Crippen LogP contribution in [0.15, 0.2) is 29.3 Å². The van der Waals surface area contributed by atoms with Crippen molar-refractivity contribution in [3.05, 3.63) is 56.2 Å². The molecular formula is C12H7Cl2N3O4. The monoisotopic (exact) mass is 327 g/mol. The Balaban J connectivity index is 2.41. The van der Waals surface area contributed by atoms with E-state index in [-0.39, 0.29) is 27.0 Å². The first kappa shape index (κ1) is 15.0. The number of aromatic amines is 1. The van der Waals surface area contributed by atoms with Crippen molar-refractivity contribution in [2.45, 2.75) is 0 Å². The van der Waals surface area contributed by atoms with Crippen molar-refractivity contribution in [3.8, 4) is 0 Å². The smallest absolute Gasteiger partial charge is 0.339 e. The van der Waals surface area contributed by atoms with Crippen molar-refractivity contribution in [2.24, 2.45) is 0 Å². The van der Waals surface area contributed by atoms with Gasteiger partial charge in [-0.3, -0.25) is 9.59 Å². The molecule has 0 aliphatic heterocycles. The van der Waals surface area contributed by atoms with Crippen LogP contribution in [-0.4, -0.2) is 27.0 Å². The molecule has 1 aromatic carbocycles. The van der Waals surface area contributed by atoms with Gasteiger partial charge >= 0.3 is 5.97 Å². The van der Waals surface area contributed by atoms with Crippen molar-refractivity contribution in [1.29, 1.82) is 0 Å². The van der Waals surface area contributed by atoms with Crippen LogP contribution in [0.3, 0.4) is 0 Å². The molecule has 0 radical (unpaired) electrons. The Hall–Kier alpha value is -2.38. The fraction of sp³-hybridized carbons (Fsp3) is 0. The van der Waals surface area contributed by atoms with Gasteiger partial charge in [0.25, 0.3) is 11.5 Å². The summed E-state index contributed by atoms with van der Waals surface area (Å²) in [5.41, 5.74) is -1.06. The van der Waals surface area contributed by atoms with Crippen molar-refractivity contribution in [3.63, 3.8) is 0 Å². The summed E-state index contributed by atoms with van der Waals surface area (Å²) in [4.78, 5) is 39.9. The molecule has 0 aliphatic rings. The third-order valence-corrected chi connectivity index (χ3v) is 3.09. The van der Waals surface area contributed by atoms with Crippen molar-refractivity contribution < 1.29 is 14.7 Å². The summed E-state index contributed by atoms with van der Waals surface area (Å²) in [5.74, 6) is -2.08. The summed E-state index contributed by atoms with van der Waals surface area (Å²) in [6, 6.07) is 2.66. The highest BCUT2D eigenvalue weighted by atomic mass is 35.5. The van der Waals surface area contributed by atoms with Crippen LogP contribution < -0.4 is 10.9 Å². The van der Waals surface area contributed by atoms with Gasteiger partial charge in [0.2, 0.25) is 0 Å². The van der Waals surface area contributed by atoms with Gasteiger partial charge in [-0.1, -0.05) is 23.2 Å². The number of nitrogens with one attached hydrogen (secondary N) is 2. The van der Waals surface area contributed by atoms with E-state index in [0.717, 1.165) is 12.4 Å². The standard InChI is InChI=1S/C12H7Cl2N3O4/c13-5-1-2-6(14)10(9(5)12(20)21)17-11(19)7-3-16-8(18)4-15-7/h1-4H,(H,16,18)(H,17,19)(H,20,21). The molecule has 0 unspecified atom stereocenters. The number of benzene rings is 1. The minimum absolute atomic E-state index is 0.00887. The van der Waals surface area contributed by atoms with Gasteiger partial charge in [0.1, 0.15) is 11.3 Å². The number of anilines is 1. The van der Waals surface area contributed by atoms with Gasteiger partial charge in [0.05, 0.1) is 21.9 Å². The second-order valence-corrected chi connectivity index (χ2v) is 4.65. The molecule has 21 heavy (non-hydrogen) atoms. The van der Waals surface area contributed by atoms with E-state index in [2.05, 4.69) is 15.3 Å². The largest absolute Gasteiger partial charge is 0.478 e. The number of H-pyrrole nitrogens is 1. The van der Waals surface area contributed by atoms with Crippen molar-refractivity contribution in [2.75, 3.05) is 5.32 Å². The first-order valence-corrected chi connectivity index (χ1v) is 6.23. The molecule has 7 nitrogen and oxygen atoms in total. The summed E-state index contributed by atoms with van der Waals surface area (Å²) in [7, 11) is 0. The number of nitrogens with zero attached hydrogens (tertiary/aromatic N) is 1. The average Bonchev–Trinajstić information content (AvgIpc) is 2.43. The fourth-order valence-corrected chi connectivity index (χ4v) is 1.97. The molecule has 3 N–H and O–H groups in total. The molecule has 0 spiro atoms. The van der Waals surface area contributed by atoms with E-state index in [1.54, 1.807) is 0 Å². The number of carbonyl (C=O) groups excluding carboxylic acids is 1. The lowest BCUT2D eigenvalue weighted by molar-refractivity contribution is 0.0698. The summed E-state index contributed by atoms with van der Waals surface area (Å²) in [6.07, 6.45) is 2.02. The van der Waals surface area contributed by atoms with Gasteiger partial charge in [-0.25, -0.2) is 9.78 Å². The summed E-state index contributed by atoms with van der Waals surface area (Å²) in [5, 5.41) is 11.4. The Morgan fingerprint density at radius 1 is 1.24 bits per heavy atom. The molecule has 0 atom stereocenters. The molecule has 1 amide bonds. The molecular weight excluding hydrogens is 321 g/mol. The molecule has 9 heteroatoms. The van der Waals surface area contributed by atoms with Crippen LogP contribution in [0.4, 0.5) is 5.69 Å². The first-order valence-electron chi connectivity index (χ1n) is 5.47. The maximum Gasteiger partial charge on any atom is 0.339 e. The number of carboxylic acids is 1. The molecule has 2 aromatic rings.